The smallest absolute Gasteiger partial charge is 0.406 e. The standard InChI is InChI=1S/C29H45BN6O3/c1-22(2)18-26(30-36(4)21-29(3,39-30)14-10-5-6-11-15-31)35-27(37)24(19-23-12-8-7-9-13-23)34-28(38)25-20-32-16-17-33-25/h7-9,12-13,16-17,20,22,24,26H,5-6,10-11,14-15,18-19,21,31H2,1-4H3,(H,34,38)(H,35,37)/t24?,26-,29?/m0/s1. The van der Waals surface area contributed by atoms with Gasteiger partial charge in [-0.05, 0) is 51.3 Å². The highest BCUT2D eigenvalue weighted by Crippen LogP contribution is 2.30. The lowest BCUT2D eigenvalue weighted by Crippen LogP contribution is -2.58. The van der Waals surface area contributed by atoms with Crippen LogP contribution in [0.4, 0.5) is 0 Å². The molecule has 9 nitrogen and oxygen atoms in total. The summed E-state index contributed by atoms with van der Waals surface area (Å²) in [5.74, 6) is -0.560. The highest BCUT2D eigenvalue weighted by atomic mass is 16.5. The van der Waals surface area contributed by atoms with Crippen molar-refractivity contribution in [3.05, 3.63) is 60.2 Å². The molecule has 1 aliphatic heterocycles. The summed E-state index contributed by atoms with van der Waals surface area (Å²) in [5.41, 5.74) is 6.48. The zero-order valence-corrected chi connectivity index (χ0v) is 23.9. The van der Waals surface area contributed by atoms with Crippen LogP contribution in [0.1, 0.15) is 75.3 Å². The van der Waals surface area contributed by atoms with Crippen LogP contribution in [0.25, 0.3) is 0 Å². The number of benzene rings is 1. The van der Waals surface area contributed by atoms with Gasteiger partial charge >= 0.3 is 7.05 Å². The molecule has 2 unspecified atom stereocenters. The van der Waals surface area contributed by atoms with Gasteiger partial charge in [-0.25, -0.2) is 4.98 Å². The van der Waals surface area contributed by atoms with Gasteiger partial charge in [-0.15, -0.1) is 0 Å². The molecule has 2 amide bonds. The molecule has 1 fully saturated rings. The molecule has 1 aromatic carbocycles. The Kier molecular flexibility index (Phi) is 11.9. The Labute approximate surface area is 233 Å². The fourth-order valence-corrected chi connectivity index (χ4v) is 5.31. The lowest BCUT2D eigenvalue weighted by atomic mass is 9.68. The van der Waals surface area contributed by atoms with Crippen LogP contribution in [0.5, 0.6) is 0 Å². The van der Waals surface area contributed by atoms with Crippen molar-refractivity contribution in [1.29, 1.82) is 0 Å². The topological polar surface area (TPSA) is 122 Å². The third kappa shape index (κ3) is 9.71. The molecule has 1 aliphatic rings. The summed E-state index contributed by atoms with van der Waals surface area (Å²) in [5, 5.41) is 6.14. The number of amides is 2. The summed E-state index contributed by atoms with van der Waals surface area (Å²) in [6, 6.07) is 8.90. The van der Waals surface area contributed by atoms with E-state index < -0.39 is 11.9 Å². The SMILES string of the molecule is CC(C)C[C@H](NC(=O)C(Cc1ccccc1)NC(=O)c1cnccn1)B1OC(C)(CCCCCCN)CN1C. The van der Waals surface area contributed by atoms with Gasteiger partial charge < -0.3 is 25.8 Å². The van der Waals surface area contributed by atoms with Gasteiger partial charge in [-0.3, -0.25) is 14.6 Å². The molecule has 2 aromatic rings. The second-order valence-corrected chi connectivity index (χ2v) is 11.4. The molecule has 0 bridgehead atoms. The highest BCUT2D eigenvalue weighted by molar-refractivity contribution is 6.51. The van der Waals surface area contributed by atoms with Crippen LogP contribution in [-0.4, -0.2) is 71.4 Å². The number of carbonyl (C=O) groups is 2. The summed E-state index contributed by atoms with van der Waals surface area (Å²) in [7, 11) is 1.81. The van der Waals surface area contributed by atoms with E-state index in [4.69, 9.17) is 10.4 Å². The number of aromatic nitrogens is 2. The fraction of sp³-hybridized carbons (Fsp3) is 0.586. The quantitative estimate of drug-likeness (QED) is 0.236. The summed E-state index contributed by atoms with van der Waals surface area (Å²) < 4.78 is 6.66. The Bertz CT molecular complexity index is 1030. The molecule has 0 spiro atoms. The molecular formula is C29H45BN6O3. The lowest BCUT2D eigenvalue weighted by molar-refractivity contribution is -0.123. The molecule has 0 saturated carbocycles. The number of nitrogens with two attached hydrogens (primary N) is 1. The normalized spacial score (nSPS) is 19.2. The molecule has 3 rings (SSSR count). The summed E-state index contributed by atoms with van der Waals surface area (Å²) in [6.07, 6.45) is 10.9. The Morgan fingerprint density at radius 2 is 1.87 bits per heavy atom. The van der Waals surface area contributed by atoms with Gasteiger partial charge in [0.15, 0.2) is 0 Å². The second kappa shape index (κ2) is 15.1. The van der Waals surface area contributed by atoms with Crippen molar-refractivity contribution in [2.45, 2.75) is 83.3 Å². The molecule has 10 heteroatoms. The van der Waals surface area contributed by atoms with Crippen LogP contribution in [0, 0.1) is 5.92 Å². The average Bonchev–Trinajstić information content (AvgIpc) is 3.22. The molecule has 0 radical (unpaired) electrons. The minimum atomic E-state index is -0.780. The lowest BCUT2D eigenvalue weighted by Gasteiger charge is -2.29. The van der Waals surface area contributed by atoms with Crippen molar-refractivity contribution in [3.8, 4) is 0 Å². The number of nitrogens with one attached hydrogen (secondary N) is 2. The molecule has 1 aromatic heterocycles. The third-order valence-corrected chi connectivity index (χ3v) is 7.18. The molecule has 0 aliphatic carbocycles. The minimum Gasteiger partial charge on any atom is -0.413 e. The van der Waals surface area contributed by atoms with Gasteiger partial charge in [-0.1, -0.05) is 63.4 Å². The van der Waals surface area contributed by atoms with Crippen molar-refractivity contribution >= 4 is 18.9 Å². The van der Waals surface area contributed by atoms with E-state index in [-0.39, 0.29) is 30.2 Å². The van der Waals surface area contributed by atoms with E-state index >= 15 is 0 Å². The van der Waals surface area contributed by atoms with Crippen LogP contribution in [0.15, 0.2) is 48.9 Å². The number of likely N-dealkylation sites (N-methyl/N-ethyl adjacent to an activating group) is 1. The van der Waals surface area contributed by atoms with Crippen molar-refractivity contribution in [2.75, 3.05) is 20.1 Å². The highest BCUT2D eigenvalue weighted by Gasteiger charge is 2.47. The van der Waals surface area contributed by atoms with Crippen molar-refractivity contribution in [1.82, 2.24) is 25.4 Å². The molecule has 3 atom stereocenters. The molecule has 1 saturated heterocycles. The maximum Gasteiger partial charge on any atom is 0.406 e. The first-order valence-electron chi connectivity index (χ1n) is 14.2. The molecule has 2 heterocycles. The van der Waals surface area contributed by atoms with Crippen molar-refractivity contribution in [2.24, 2.45) is 11.7 Å². The van der Waals surface area contributed by atoms with Gasteiger partial charge in [0, 0.05) is 25.4 Å². The predicted octanol–water partition coefficient (Wildman–Crippen LogP) is 3.01. The fourth-order valence-electron chi connectivity index (χ4n) is 5.31. The van der Waals surface area contributed by atoms with Gasteiger partial charge in [0.2, 0.25) is 5.91 Å². The Hall–Kier alpha value is -2.82. The molecule has 39 heavy (non-hydrogen) atoms. The van der Waals surface area contributed by atoms with Crippen LogP contribution >= 0.6 is 0 Å². The van der Waals surface area contributed by atoms with E-state index in [0.29, 0.717) is 12.3 Å². The Morgan fingerprint density at radius 3 is 2.54 bits per heavy atom. The van der Waals surface area contributed by atoms with Crippen LogP contribution in [0.2, 0.25) is 0 Å². The van der Waals surface area contributed by atoms with Crippen LogP contribution in [0.3, 0.4) is 0 Å². The number of rotatable bonds is 15. The average molecular weight is 537 g/mol. The molecule has 212 valence electrons. The summed E-state index contributed by atoms with van der Waals surface area (Å²) in [6.45, 7) is 7.99. The summed E-state index contributed by atoms with van der Waals surface area (Å²) in [4.78, 5) is 37.0. The van der Waals surface area contributed by atoms with Gasteiger partial charge in [0.25, 0.3) is 5.91 Å². The maximum atomic E-state index is 13.8. The Balaban J connectivity index is 1.73. The third-order valence-electron chi connectivity index (χ3n) is 7.18. The first-order valence-corrected chi connectivity index (χ1v) is 14.2. The number of hydrogen-bond acceptors (Lipinski definition) is 7. The van der Waals surface area contributed by atoms with Gasteiger partial charge in [-0.2, -0.15) is 0 Å². The summed E-state index contributed by atoms with van der Waals surface area (Å²) >= 11 is 0. The molecular weight excluding hydrogens is 491 g/mol. The van der Waals surface area contributed by atoms with Gasteiger partial charge in [0.05, 0.1) is 17.7 Å². The van der Waals surface area contributed by atoms with Crippen LogP contribution in [-0.2, 0) is 15.9 Å². The number of unbranched alkanes of at least 4 members (excludes halogenated alkanes) is 3. The maximum absolute atomic E-state index is 13.8. The zero-order chi connectivity index (χ0) is 28.3. The van der Waals surface area contributed by atoms with E-state index in [1.807, 2.05) is 30.3 Å². The molecule has 4 N–H and O–H groups in total. The minimum absolute atomic E-state index is 0.170. The first kappa shape index (κ1) is 30.7. The van der Waals surface area contributed by atoms with E-state index in [0.717, 1.165) is 57.2 Å². The van der Waals surface area contributed by atoms with E-state index in [2.05, 4.69) is 53.2 Å². The van der Waals surface area contributed by atoms with E-state index in [1.165, 1.54) is 18.6 Å². The predicted molar refractivity (Wildman–Crippen MR) is 155 cm³/mol. The monoisotopic (exact) mass is 536 g/mol. The Morgan fingerprint density at radius 1 is 1.13 bits per heavy atom. The zero-order valence-electron chi connectivity index (χ0n) is 23.9. The van der Waals surface area contributed by atoms with E-state index in [1.54, 1.807) is 0 Å². The number of carbonyl (C=O) groups excluding carboxylic acids is 2. The second-order valence-electron chi connectivity index (χ2n) is 11.4. The van der Waals surface area contributed by atoms with Gasteiger partial charge in [0.1, 0.15) is 11.7 Å². The van der Waals surface area contributed by atoms with Crippen molar-refractivity contribution in [3.63, 3.8) is 0 Å². The van der Waals surface area contributed by atoms with Crippen LogP contribution < -0.4 is 16.4 Å². The van der Waals surface area contributed by atoms with Crippen molar-refractivity contribution < 1.29 is 14.2 Å². The largest absolute Gasteiger partial charge is 0.413 e. The number of hydrogen-bond donors (Lipinski definition) is 3. The van der Waals surface area contributed by atoms with E-state index in [9.17, 15) is 9.59 Å². The first-order chi connectivity index (χ1) is 18.7. The number of nitrogens with zero attached hydrogens (tertiary/aromatic N) is 3.